The molecule has 5 nitrogen and oxygen atoms in total. The molecular weight excluding hydrogens is 340 g/mol. The Balaban J connectivity index is 1.36. The van der Waals surface area contributed by atoms with Gasteiger partial charge in [-0.25, -0.2) is 0 Å². The van der Waals surface area contributed by atoms with Crippen LogP contribution < -0.4 is 0 Å². The van der Waals surface area contributed by atoms with Crippen molar-refractivity contribution < 1.29 is 14.3 Å². The average Bonchev–Trinajstić information content (AvgIpc) is 3.37. The van der Waals surface area contributed by atoms with E-state index in [1.165, 1.54) is 17.5 Å². The van der Waals surface area contributed by atoms with Crippen molar-refractivity contribution in [1.29, 1.82) is 0 Å². The molecule has 1 aromatic rings. The summed E-state index contributed by atoms with van der Waals surface area (Å²) in [6.45, 7) is 6.86. The van der Waals surface area contributed by atoms with E-state index in [9.17, 15) is 4.79 Å². The van der Waals surface area contributed by atoms with Gasteiger partial charge in [0.05, 0.1) is 25.7 Å². The third kappa shape index (κ3) is 3.10. The molecule has 5 heteroatoms. The van der Waals surface area contributed by atoms with E-state index in [1.54, 1.807) is 0 Å². The lowest BCUT2D eigenvalue weighted by Gasteiger charge is -2.42. The van der Waals surface area contributed by atoms with Crippen LogP contribution in [0, 0.1) is 0 Å². The zero-order valence-electron chi connectivity index (χ0n) is 16.1. The van der Waals surface area contributed by atoms with E-state index in [2.05, 4.69) is 29.2 Å². The Morgan fingerprint density at radius 3 is 2.52 bits per heavy atom. The van der Waals surface area contributed by atoms with Crippen molar-refractivity contribution in [2.75, 3.05) is 52.6 Å². The molecule has 5 rings (SSSR count). The Bertz CT molecular complexity index is 687. The number of hydrogen-bond acceptors (Lipinski definition) is 4. The maximum atomic E-state index is 13.3. The molecule has 3 heterocycles. The molecule has 1 amide bonds. The van der Waals surface area contributed by atoms with Crippen molar-refractivity contribution in [3.63, 3.8) is 0 Å². The second-order valence-corrected chi connectivity index (χ2v) is 8.62. The molecular formula is C22H30N2O3. The fraction of sp³-hybridized carbons (Fsp3) is 0.682. The van der Waals surface area contributed by atoms with Crippen molar-refractivity contribution in [2.45, 2.75) is 43.1 Å². The number of piperidine rings is 1. The first kappa shape index (κ1) is 17.7. The molecule has 4 aliphatic rings. The number of hydrogen-bond donors (Lipinski definition) is 0. The number of fused-ring (bicyclic) bond motifs is 2. The molecule has 0 radical (unpaired) electrons. The predicted octanol–water partition coefficient (Wildman–Crippen LogP) is 2.16. The Morgan fingerprint density at radius 1 is 1.00 bits per heavy atom. The molecule has 2 atom stereocenters. The van der Waals surface area contributed by atoms with Gasteiger partial charge in [0, 0.05) is 25.7 Å². The molecule has 27 heavy (non-hydrogen) atoms. The van der Waals surface area contributed by atoms with Gasteiger partial charge in [0.2, 0.25) is 5.91 Å². The van der Waals surface area contributed by atoms with Crippen LogP contribution in [0.1, 0.15) is 42.7 Å². The van der Waals surface area contributed by atoms with Crippen LogP contribution >= 0.6 is 0 Å². The Morgan fingerprint density at radius 2 is 1.78 bits per heavy atom. The minimum atomic E-state index is 0.0284. The topological polar surface area (TPSA) is 42.0 Å². The van der Waals surface area contributed by atoms with E-state index >= 15 is 0 Å². The van der Waals surface area contributed by atoms with Crippen LogP contribution in [0.3, 0.4) is 0 Å². The van der Waals surface area contributed by atoms with E-state index in [0.29, 0.717) is 25.2 Å². The first-order valence-electron chi connectivity index (χ1n) is 10.5. The molecule has 1 aromatic carbocycles. The Hall–Kier alpha value is -1.43. The number of benzene rings is 1. The van der Waals surface area contributed by atoms with Crippen LogP contribution in [0.25, 0.3) is 0 Å². The van der Waals surface area contributed by atoms with Crippen LogP contribution in [-0.2, 0) is 19.7 Å². The fourth-order valence-corrected chi connectivity index (χ4v) is 5.72. The van der Waals surface area contributed by atoms with Gasteiger partial charge >= 0.3 is 0 Å². The lowest BCUT2D eigenvalue weighted by atomic mass is 9.73. The van der Waals surface area contributed by atoms with Crippen molar-refractivity contribution in [2.24, 2.45) is 0 Å². The lowest BCUT2D eigenvalue weighted by Crippen LogP contribution is -2.47. The van der Waals surface area contributed by atoms with Gasteiger partial charge in [-0.2, -0.15) is 0 Å². The smallest absolute Gasteiger partial charge is 0.230 e. The highest BCUT2D eigenvalue weighted by Crippen LogP contribution is 2.52. The van der Waals surface area contributed by atoms with E-state index in [-0.39, 0.29) is 11.3 Å². The van der Waals surface area contributed by atoms with Crippen molar-refractivity contribution in [3.05, 3.63) is 35.4 Å². The maximum absolute atomic E-state index is 13.3. The van der Waals surface area contributed by atoms with E-state index < -0.39 is 0 Å². The molecule has 3 fully saturated rings. The molecule has 0 saturated carbocycles. The largest absolute Gasteiger partial charge is 0.380 e. The third-order valence-corrected chi connectivity index (χ3v) is 7.30. The fourth-order valence-electron chi connectivity index (χ4n) is 5.72. The summed E-state index contributed by atoms with van der Waals surface area (Å²) in [5.74, 6) is 0.343. The second-order valence-electron chi connectivity index (χ2n) is 8.62. The van der Waals surface area contributed by atoms with Gasteiger partial charge in [0.1, 0.15) is 0 Å². The number of amides is 1. The highest BCUT2D eigenvalue weighted by atomic mass is 16.5. The van der Waals surface area contributed by atoms with Gasteiger partial charge in [-0.3, -0.25) is 9.69 Å². The normalized spacial score (nSPS) is 30.6. The minimum absolute atomic E-state index is 0.0284. The van der Waals surface area contributed by atoms with E-state index in [0.717, 1.165) is 58.7 Å². The molecule has 3 aliphatic heterocycles. The summed E-state index contributed by atoms with van der Waals surface area (Å²) in [5, 5.41) is 0. The standard InChI is InChI=1S/C22H30N2O3/c25-21(24-10-13-26-14-11-24)19-15-22(20-4-2-1-3-18(19)20)6-8-23(9-7-22)17-5-12-27-16-17/h1-4,17,19H,5-16H2/t17-,19+/m1/s1. The molecule has 0 aromatic heterocycles. The number of carbonyl (C=O) groups excluding carboxylic acids is 1. The number of rotatable bonds is 2. The number of nitrogens with zero attached hydrogens (tertiary/aromatic N) is 2. The molecule has 0 bridgehead atoms. The summed E-state index contributed by atoms with van der Waals surface area (Å²) < 4.78 is 11.0. The predicted molar refractivity (Wildman–Crippen MR) is 103 cm³/mol. The lowest BCUT2D eigenvalue weighted by molar-refractivity contribution is -0.137. The van der Waals surface area contributed by atoms with Crippen LogP contribution in [-0.4, -0.2) is 74.4 Å². The van der Waals surface area contributed by atoms with Crippen LogP contribution in [0.2, 0.25) is 0 Å². The van der Waals surface area contributed by atoms with Gasteiger partial charge in [0.15, 0.2) is 0 Å². The van der Waals surface area contributed by atoms with Crippen LogP contribution in [0.15, 0.2) is 24.3 Å². The van der Waals surface area contributed by atoms with Crippen LogP contribution in [0.4, 0.5) is 0 Å². The Labute approximate surface area is 161 Å². The quantitative estimate of drug-likeness (QED) is 0.800. The number of ether oxygens (including phenoxy) is 2. The zero-order chi connectivity index (χ0) is 18.3. The van der Waals surface area contributed by atoms with Gasteiger partial charge < -0.3 is 14.4 Å². The zero-order valence-corrected chi connectivity index (χ0v) is 16.1. The minimum Gasteiger partial charge on any atom is -0.380 e. The van der Waals surface area contributed by atoms with Gasteiger partial charge in [-0.15, -0.1) is 0 Å². The number of morpholine rings is 1. The molecule has 1 aliphatic carbocycles. The maximum Gasteiger partial charge on any atom is 0.230 e. The molecule has 1 spiro atoms. The summed E-state index contributed by atoms with van der Waals surface area (Å²) in [6.07, 6.45) is 4.47. The summed E-state index contributed by atoms with van der Waals surface area (Å²) in [4.78, 5) is 18.0. The van der Waals surface area contributed by atoms with E-state index in [4.69, 9.17) is 9.47 Å². The SMILES string of the molecule is O=C([C@H]1CC2(CCN([C@@H]3CCOC3)CC2)c2ccccc21)N1CCOCC1. The third-order valence-electron chi connectivity index (χ3n) is 7.30. The summed E-state index contributed by atoms with van der Waals surface area (Å²) in [6, 6.07) is 9.34. The molecule has 0 N–H and O–H groups in total. The highest BCUT2D eigenvalue weighted by Gasteiger charge is 2.48. The second kappa shape index (κ2) is 7.19. The molecule has 146 valence electrons. The van der Waals surface area contributed by atoms with Crippen LogP contribution in [0.5, 0.6) is 0 Å². The molecule has 0 unspecified atom stereocenters. The van der Waals surface area contributed by atoms with Crippen molar-refractivity contribution in [3.8, 4) is 0 Å². The Kier molecular flexibility index (Phi) is 4.70. The first-order valence-corrected chi connectivity index (χ1v) is 10.5. The monoisotopic (exact) mass is 370 g/mol. The van der Waals surface area contributed by atoms with Gasteiger partial charge in [-0.05, 0) is 55.3 Å². The number of carbonyl (C=O) groups is 1. The number of likely N-dealkylation sites (tertiary alicyclic amines) is 1. The van der Waals surface area contributed by atoms with Gasteiger partial charge in [-0.1, -0.05) is 24.3 Å². The summed E-state index contributed by atoms with van der Waals surface area (Å²) >= 11 is 0. The van der Waals surface area contributed by atoms with Crippen molar-refractivity contribution in [1.82, 2.24) is 9.80 Å². The van der Waals surface area contributed by atoms with Crippen molar-refractivity contribution >= 4 is 5.91 Å². The summed E-state index contributed by atoms with van der Waals surface area (Å²) in [5.41, 5.74) is 2.91. The first-order chi connectivity index (χ1) is 13.3. The highest BCUT2D eigenvalue weighted by molar-refractivity contribution is 5.86. The van der Waals surface area contributed by atoms with Gasteiger partial charge in [0.25, 0.3) is 0 Å². The average molecular weight is 370 g/mol. The van der Waals surface area contributed by atoms with E-state index in [1.807, 2.05) is 4.90 Å². The summed E-state index contributed by atoms with van der Waals surface area (Å²) in [7, 11) is 0. The molecule has 3 saturated heterocycles.